The minimum Gasteiger partial charge on any atom is -0.330 e. The molecule has 0 aliphatic rings. The molecule has 0 unspecified atom stereocenters. The number of rotatable bonds is 3. The number of hydrogen-bond acceptors (Lipinski definition) is 3. The Balaban J connectivity index is 2.26. The van der Waals surface area contributed by atoms with Crippen LogP contribution in [0.2, 0.25) is 0 Å². The standard InChI is InChI=1S/C14H12F2N4/c15-9-2-3-10(11(16)8-9)13-12(4-5-17)20-7-1-6-18-14(20)19-13/h1-3,6-8H,4-5,17H2. The van der Waals surface area contributed by atoms with Gasteiger partial charge in [-0.25, -0.2) is 18.7 Å². The third-order valence-electron chi connectivity index (χ3n) is 3.07. The number of imidazole rings is 1. The van der Waals surface area contributed by atoms with Gasteiger partial charge < -0.3 is 5.73 Å². The summed E-state index contributed by atoms with van der Waals surface area (Å²) in [6.07, 6.45) is 3.93. The second-order valence-corrected chi connectivity index (χ2v) is 4.36. The van der Waals surface area contributed by atoms with Crippen molar-refractivity contribution in [3.63, 3.8) is 0 Å². The van der Waals surface area contributed by atoms with Gasteiger partial charge in [-0.05, 0) is 24.7 Å². The lowest BCUT2D eigenvalue weighted by Gasteiger charge is -2.04. The molecule has 20 heavy (non-hydrogen) atoms. The van der Waals surface area contributed by atoms with E-state index in [0.29, 0.717) is 24.4 Å². The summed E-state index contributed by atoms with van der Waals surface area (Å²) in [5.74, 6) is -0.796. The van der Waals surface area contributed by atoms with Crippen LogP contribution in [0, 0.1) is 11.6 Å². The highest BCUT2D eigenvalue weighted by atomic mass is 19.1. The summed E-state index contributed by atoms with van der Waals surface area (Å²) >= 11 is 0. The van der Waals surface area contributed by atoms with E-state index in [1.165, 1.54) is 12.1 Å². The fraction of sp³-hybridized carbons (Fsp3) is 0.143. The average molecular weight is 274 g/mol. The first-order valence-electron chi connectivity index (χ1n) is 6.18. The maximum Gasteiger partial charge on any atom is 0.234 e. The Kier molecular flexibility index (Phi) is 3.15. The van der Waals surface area contributed by atoms with Gasteiger partial charge in [-0.1, -0.05) is 0 Å². The van der Waals surface area contributed by atoms with Gasteiger partial charge in [0.25, 0.3) is 0 Å². The summed E-state index contributed by atoms with van der Waals surface area (Å²) in [6.45, 7) is 0.401. The number of hydrogen-bond donors (Lipinski definition) is 1. The van der Waals surface area contributed by atoms with E-state index in [4.69, 9.17) is 5.73 Å². The molecule has 3 rings (SSSR count). The SMILES string of the molecule is NCCc1c(-c2ccc(F)cc2F)nc2ncccn12. The van der Waals surface area contributed by atoms with Crippen molar-refractivity contribution >= 4 is 5.78 Å². The van der Waals surface area contributed by atoms with E-state index in [1.54, 1.807) is 22.9 Å². The average Bonchev–Trinajstić information content (AvgIpc) is 2.78. The van der Waals surface area contributed by atoms with Crippen molar-refractivity contribution in [2.45, 2.75) is 6.42 Å². The molecule has 102 valence electrons. The van der Waals surface area contributed by atoms with Crippen molar-refractivity contribution < 1.29 is 8.78 Å². The van der Waals surface area contributed by atoms with Crippen molar-refractivity contribution in [3.8, 4) is 11.3 Å². The van der Waals surface area contributed by atoms with Crippen LogP contribution in [0.1, 0.15) is 5.69 Å². The highest BCUT2D eigenvalue weighted by molar-refractivity contribution is 5.66. The van der Waals surface area contributed by atoms with Crippen LogP contribution in [-0.4, -0.2) is 20.9 Å². The molecule has 0 amide bonds. The Bertz CT molecular complexity index is 767. The predicted octanol–water partition coefficient (Wildman–Crippen LogP) is 2.18. The van der Waals surface area contributed by atoms with Crippen molar-refractivity contribution in [1.29, 1.82) is 0 Å². The minimum absolute atomic E-state index is 0.250. The van der Waals surface area contributed by atoms with Crippen molar-refractivity contribution in [2.24, 2.45) is 5.73 Å². The van der Waals surface area contributed by atoms with E-state index < -0.39 is 11.6 Å². The van der Waals surface area contributed by atoms with Gasteiger partial charge >= 0.3 is 0 Å². The van der Waals surface area contributed by atoms with Gasteiger partial charge in [0.05, 0.1) is 11.4 Å². The van der Waals surface area contributed by atoms with Crippen molar-refractivity contribution in [1.82, 2.24) is 14.4 Å². The van der Waals surface area contributed by atoms with E-state index in [9.17, 15) is 8.78 Å². The van der Waals surface area contributed by atoms with Gasteiger partial charge in [0, 0.05) is 30.4 Å². The highest BCUT2D eigenvalue weighted by Crippen LogP contribution is 2.27. The number of nitrogens with two attached hydrogens (primary N) is 1. The lowest BCUT2D eigenvalue weighted by atomic mass is 10.1. The first-order valence-corrected chi connectivity index (χ1v) is 6.18. The fourth-order valence-electron chi connectivity index (χ4n) is 2.21. The minimum atomic E-state index is -0.647. The second-order valence-electron chi connectivity index (χ2n) is 4.36. The third-order valence-corrected chi connectivity index (χ3v) is 3.07. The van der Waals surface area contributed by atoms with Gasteiger partial charge in [-0.15, -0.1) is 0 Å². The molecule has 1 aromatic carbocycles. The molecule has 2 N–H and O–H groups in total. The Morgan fingerprint density at radius 2 is 2.10 bits per heavy atom. The molecule has 4 nitrogen and oxygen atoms in total. The molecule has 0 saturated heterocycles. The molecule has 0 fully saturated rings. The van der Waals surface area contributed by atoms with E-state index >= 15 is 0 Å². The van der Waals surface area contributed by atoms with Crippen LogP contribution in [-0.2, 0) is 6.42 Å². The largest absolute Gasteiger partial charge is 0.330 e. The second kappa shape index (κ2) is 4.97. The molecule has 2 aromatic heterocycles. The molecule has 0 radical (unpaired) electrons. The van der Waals surface area contributed by atoms with Crippen LogP contribution in [0.4, 0.5) is 8.78 Å². The zero-order valence-electron chi connectivity index (χ0n) is 10.6. The third kappa shape index (κ3) is 2.04. The Hall–Kier alpha value is -2.34. The van der Waals surface area contributed by atoms with E-state index in [0.717, 1.165) is 11.8 Å². The first-order chi connectivity index (χ1) is 9.70. The summed E-state index contributed by atoms with van der Waals surface area (Å²) < 4.78 is 28.7. The van der Waals surface area contributed by atoms with Gasteiger partial charge in [-0.2, -0.15) is 0 Å². The smallest absolute Gasteiger partial charge is 0.234 e. The van der Waals surface area contributed by atoms with E-state index in [1.807, 2.05) is 0 Å². The quantitative estimate of drug-likeness (QED) is 0.796. The highest BCUT2D eigenvalue weighted by Gasteiger charge is 2.17. The van der Waals surface area contributed by atoms with Gasteiger partial charge in [-0.3, -0.25) is 4.40 Å². The topological polar surface area (TPSA) is 56.2 Å². The number of nitrogens with zero attached hydrogens (tertiary/aromatic N) is 3. The molecule has 0 aliphatic heterocycles. The maximum absolute atomic E-state index is 13.9. The van der Waals surface area contributed by atoms with Crippen molar-refractivity contribution in [3.05, 3.63) is 54.0 Å². The van der Waals surface area contributed by atoms with E-state index in [2.05, 4.69) is 9.97 Å². The molecule has 3 aromatic rings. The molecule has 0 saturated carbocycles. The predicted molar refractivity (Wildman–Crippen MR) is 71.1 cm³/mol. The van der Waals surface area contributed by atoms with Crippen LogP contribution >= 0.6 is 0 Å². The Morgan fingerprint density at radius 3 is 2.85 bits per heavy atom. The summed E-state index contributed by atoms with van der Waals surface area (Å²) in [5, 5.41) is 0. The lowest BCUT2D eigenvalue weighted by Crippen LogP contribution is -2.06. The maximum atomic E-state index is 13.9. The normalized spacial score (nSPS) is 11.2. The molecule has 0 spiro atoms. The van der Waals surface area contributed by atoms with E-state index in [-0.39, 0.29) is 5.56 Å². The Labute approximate surface area is 113 Å². The molecule has 6 heteroatoms. The number of halogens is 2. The number of benzene rings is 1. The number of aromatic nitrogens is 3. The van der Waals surface area contributed by atoms with Crippen molar-refractivity contribution in [2.75, 3.05) is 6.54 Å². The fourth-order valence-corrected chi connectivity index (χ4v) is 2.21. The lowest BCUT2D eigenvalue weighted by molar-refractivity contribution is 0.585. The zero-order valence-corrected chi connectivity index (χ0v) is 10.6. The van der Waals surface area contributed by atoms with Gasteiger partial charge in [0.15, 0.2) is 0 Å². The molecular formula is C14H12F2N4. The van der Waals surface area contributed by atoms with Crippen LogP contribution in [0.5, 0.6) is 0 Å². The molecular weight excluding hydrogens is 262 g/mol. The summed E-state index contributed by atoms with van der Waals surface area (Å²) in [4.78, 5) is 8.46. The summed E-state index contributed by atoms with van der Waals surface area (Å²) in [5.41, 5.74) is 7.07. The van der Waals surface area contributed by atoms with Crippen LogP contribution < -0.4 is 5.73 Å². The van der Waals surface area contributed by atoms with Crippen LogP contribution in [0.15, 0.2) is 36.7 Å². The number of fused-ring (bicyclic) bond motifs is 1. The summed E-state index contributed by atoms with van der Waals surface area (Å²) in [6, 6.07) is 5.20. The first kappa shape index (κ1) is 12.7. The van der Waals surface area contributed by atoms with Crippen LogP contribution in [0.25, 0.3) is 17.0 Å². The van der Waals surface area contributed by atoms with Gasteiger partial charge in [0.1, 0.15) is 11.6 Å². The molecule has 0 atom stereocenters. The summed E-state index contributed by atoms with van der Waals surface area (Å²) in [7, 11) is 0. The monoisotopic (exact) mass is 274 g/mol. The Morgan fingerprint density at radius 1 is 1.25 bits per heavy atom. The van der Waals surface area contributed by atoms with Gasteiger partial charge in [0.2, 0.25) is 5.78 Å². The molecule has 2 heterocycles. The molecule has 0 aliphatic carbocycles. The zero-order chi connectivity index (χ0) is 14.1. The molecule has 0 bridgehead atoms. The van der Waals surface area contributed by atoms with Crippen LogP contribution in [0.3, 0.4) is 0 Å².